The predicted octanol–water partition coefficient (Wildman–Crippen LogP) is 3.57. The summed E-state index contributed by atoms with van der Waals surface area (Å²) in [5.41, 5.74) is 1.48. The SMILES string of the molecule is C=C1C[C@@H]2C[C@H](OC)C(=O)O[C@H]([C@@H](C)O)[C@H](C)/C=C(\C)[C@@]23C[C@@H]1[C@H]([C@H](OC(=O)c1ccc[nH]1)[C@H](C)[C@H](C)O)O3. The molecule has 2 aliphatic heterocycles. The molecular formula is C30H43NO8. The van der Waals surface area contributed by atoms with E-state index in [2.05, 4.69) is 11.6 Å². The van der Waals surface area contributed by atoms with E-state index in [9.17, 15) is 19.8 Å². The molecule has 1 saturated carbocycles. The quantitative estimate of drug-likeness (QED) is 0.351. The summed E-state index contributed by atoms with van der Waals surface area (Å²) in [5.74, 6) is -2.00. The zero-order valence-corrected chi connectivity index (χ0v) is 23.8. The summed E-state index contributed by atoms with van der Waals surface area (Å²) in [6.45, 7) is 13.4. The van der Waals surface area contributed by atoms with Gasteiger partial charge >= 0.3 is 11.9 Å². The third-order valence-corrected chi connectivity index (χ3v) is 9.09. The van der Waals surface area contributed by atoms with Gasteiger partial charge in [-0.1, -0.05) is 32.1 Å². The minimum absolute atomic E-state index is 0.119. The summed E-state index contributed by atoms with van der Waals surface area (Å²) in [4.78, 5) is 29.0. The topological polar surface area (TPSA) is 127 Å². The van der Waals surface area contributed by atoms with Crippen LogP contribution in [0.1, 0.15) is 64.4 Å². The maximum Gasteiger partial charge on any atom is 0.355 e. The number of fused-ring (bicyclic) bond motifs is 1. The lowest BCUT2D eigenvalue weighted by Gasteiger charge is -2.43. The highest BCUT2D eigenvalue weighted by atomic mass is 16.6. The number of carbonyl (C=O) groups excluding carboxylic acids is 2. The third kappa shape index (κ3) is 5.59. The van der Waals surface area contributed by atoms with Gasteiger partial charge in [-0.25, -0.2) is 9.59 Å². The van der Waals surface area contributed by atoms with Gasteiger partial charge in [0.15, 0.2) is 6.10 Å². The zero-order chi connectivity index (χ0) is 28.6. The molecule has 9 heteroatoms. The number of cyclic esters (lactones) is 1. The second-order valence-corrected chi connectivity index (χ2v) is 11.7. The van der Waals surface area contributed by atoms with Crippen LogP contribution < -0.4 is 0 Å². The maximum atomic E-state index is 13.1. The predicted molar refractivity (Wildman–Crippen MR) is 144 cm³/mol. The Bertz CT molecular complexity index is 1080. The van der Waals surface area contributed by atoms with Gasteiger partial charge in [0.1, 0.15) is 24.0 Å². The standard InChI is InChI=1S/C30H43NO8/c1-15-12-21-13-24(36-7)29(35)37-25(20(6)33)16(2)11-17(3)30(21)14-22(15)27(39-30)26(18(4)19(5)32)38-28(34)23-9-8-10-31-23/h8-11,16,18-22,24-27,31-33H,1,12-14H2,2-7H3/b17-11+/t16-,18-,19+,20-,21-,22+,24+,25+,26-,27-,30+/m1/s1. The number of aromatic amines is 1. The number of aliphatic hydroxyl groups is 2. The average molecular weight is 546 g/mol. The van der Waals surface area contributed by atoms with Crippen molar-refractivity contribution >= 4 is 11.9 Å². The van der Waals surface area contributed by atoms with Gasteiger partial charge in [-0.3, -0.25) is 0 Å². The van der Waals surface area contributed by atoms with Crippen LogP contribution in [0, 0.1) is 23.7 Å². The van der Waals surface area contributed by atoms with Crippen LogP contribution in [0.25, 0.3) is 0 Å². The van der Waals surface area contributed by atoms with Crippen molar-refractivity contribution in [3.63, 3.8) is 0 Å². The first-order chi connectivity index (χ1) is 18.4. The van der Waals surface area contributed by atoms with Crippen LogP contribution in [-0.2, 0) is 23.7 Å². The number of rotatable bonds is 7. The van der Waals surface area contributed by atoms with Gasteiger partial charge in [-0.15, -0.1) is 0 Å². The highest BCUT2D eigenvalue weighted by Gasteiger charge is 2.60. The highest BCUT2D eigenvalue weighted by molar-refractivity contribution is 5.87. The lowest BCUT2D eigenvalue weighted by Crippen LogP contribution is -2.48. The summed E-state index contributed by atoms with van der Waals surface area (Å²) in [5, 5.41) is 21.0. The fourth-order valence-electron chi connectivity index (χ4n) is 6.66. The minimum atomic E-state index is -0.877. The second kappa shape index (κ2) is 11.6. The summed E-state index contributed by atoms with van der Waals surface area (Å²) >= 11 is 0. The number of aromatic nitrogens is 1. The Labute approximate surface area is 230 Å². The molecule has 11 atom stereocenters. The number of hydrogen-bond donors (Lipinski definition) is 3. The van der Waals surface area contributed by atoms with Crippen molar-refractivity contribution in [2.24, 2.45) is 23.7 Å². The number of ether oxygens (including phenoxy) is 4. The monoisotopic (exact) mass is 545 g/mol. The Morgan fingerprint density at radius 2 is 1.97 bits per heavy atom. The van der Waals surface area contributed by atoms with Gasteiger partial charge in [-0.05, 0) is 63.7 Å². The molecule has 2 fully saturated rings. The van der Waals surface area contributed by atoms with E-state index in [0.29, 0.717) is 25.0 Å². The Morgan fingerprint density at radius 1 is 1.26 bits per heavy atom. The Kier molecular flexibility index (Phi) is 8.76. The molecule has 0 amide bonds. The lowest BCUT2D eigenvalue weighted by molar-refractivity contribution is -0.173. The first-order valence-corrected chi connectivity index (χ1v) is 13.9. The van der Waals surface area contributed by atoms with E-state index < -0.39 is 60.1 Å². The molecule has 1 saturated heterocycles. The number of H-pyrrole nitrogens is 1. The van der Waals surface area contributed by atoms with Crippen LogP contribution in [0.3, 0.4) is 0 Å². The molecule has 1 aromatic rings. The van der Waals surface area contributed by atoms with Crippen molar-refractivity contribution in [1.29, 1.82) is 0 Å². The molecule has 0 unspecified atom stereocenters. The largest absolute Gasteiger partial charge is 0.457 e. The summed E-state index contributed by atoms with van der Waals surface area (Å²) in [6, 6.07) is 3.37. The smallest absolute Gasteiger partial charge is 0.355 e. The number of hydrogen-bond acceptors (Lipinski definition) is 8. The van der Waals surface area contributed by atoms with Crippen LogP contribution in [-0.4, -0.2) is 76.5 Å². The molecule has 3 N–H and O–H groups in total. The van der Waals surface area contributed by atoms with E-state index in [4.69, 9.17) is 18.9 Å². The lowest BCUT2D eigenvalue weighted by atomic mass is 9.64. The van der Waals surface area contributed by atoms with Crippen molar-refractivity contribution in [3.8, 4) is 0 Å². The van der Waals surface area contributed by atoms with Crippen molar-refractivity contribution in [3.05, 3.63) is 47.8 Å². The van der Waals surface area contributed by atoms with E-state index in [1.165, 1.54) is 7.11 Å². The summed E-state index contributed by atoms with van der Waals surface area (Å²) in [6.07, 6.45) is 0.734. The van der Waals surface area contributed by atoms with E-state index in [0.717, 1.165) is 11.1 Å². The van der Waals surface area contributed by atoms with Gasteiger partial charge < -0.3 is 34.1 Å². The molecule has 3 heterocycles. The zero-order valence-electron chi connectivity index (χ0n) is 23.8. The highest BCUT2D eigenvalue weighted by Crippen LogP contribution is 2.57. The van der Waals surface area contributed by atoms with E-state index >= 15 is 0 Å². The normalized spacial score (nSPS) is 37.5. The van der Waals surface area contributed by atoms with Gasteiger partial charge in [0.25, 0.3) is 0 Å². The van der Waals surface area contributed by atoms with Crippen LogP contribution in [0.15, 0.2) is 42.1 Å². The molecule has 1 aromatic heterocycles. The molecule has 1 aliphatic carbocycles. The minimum Gasteiger partial charge on any atom is -0.457 e. The van der Waals surface area contributed by atoms with Crippen LogP contribution in [0.4, 0.5) is 0 Å². The Hall–Kier alpha value is -2.46. The Morgan fingerprint density at radius 3 is 2.56 bits per heavy atom. The first kappa shape index (κ1) is 29.5. The van der Waals surface area contributed by atoms with E-state index in [-0.39, 0.29) is 17.8 Å². The van der Waals surface area contributed by atoms with Crippen LogP contribution >= 0.6 is 0 Å². The first-order valence-electron chi connectivity index (χ1n) is 13.9. The number of nitrogens with one attached hydrogen (secondary N) is 1. The van der Waals surface area contributed by atoms with Crippen LogP contribution in [0.5, 0.6) is 0 Å². The number of methoxy groups -OCH3 is 1. The summed E-state index contributed by atoms with van der Waals surface area (Å²) in [7, 11) is 1.48. The number of carbonyl (C=O) groups is 2. The molecule has 1 spiro atoms. The maximum absolute atomic E-state index is 13.1. The molecule has 0 radical (unpaired) electrons. The van der Waals surface area contributed by atoms with Crippen LogP contribution in [0.2, 0.25) is 0 Å². The molecule has 3 aliphatic rings. The number of esters is 2. The number of aliphatic hydroxyl groups excluding tert-OH is 2. The molecule has 39 heavy (non-hydrogen) atoms. The van der Waals surface area contributed by atoms with Crippen molar-refractivity contribution in [2.45, 2.75) is 96.1 Å². The summed E-state index contributed by atoms with van der Waals surface area (Å²) < 4.78 is 24.4. The van der Waals surface area contributed by atoms with E-state index in [1.807, 2.05) is 26.8 Å². The fraction of sp³-hybridized carbons (Fsp3) is 0.667. The van der Waals surface area contributed by atoms with Gasteiger partial charge in [-0.2, -0.15) is 0 Å². The van der Waals surface area contributed by atoms with Crippen molar-refractivity contribution < 1.29 is 38.7 Å². The molecule has 4 rings (SSSR count). The second-order valence-electron chi connectivity index (χ2n) is 11.7. The van der Waals surface area contributed by atoms with Crippen molar-refractivity contribution in [2.75, 3.05) is 7.11 Å². The molecule has 216 valence electrons. The van der Waals surface area contributed by atoms with Gasteiger partial charge in [0, 0.05) is 31.1 Å². The average Bonchev–Trinajstić information content (AvgIpc) is 3.54. The third-order valence-electron chi connectivity index (χ3n) is 9.09. The van der Waals surface area contributed by atoms with Gasteiger partial charge in [0.2, 0.25) is 0 Å². The fourth-order valence-corrected chi connectivity index (χ4v) is 6.66. The molecule has 9 nitrogen and oxygen atoms in total. The van der Waals surface area contributed by atoms with E-state index in [1.54, 1.807) is 32.2 Å². The molecule has 2 bridgehead atoms. The van der Waals surface area contributed by atoms with Gasteiger partial charge in [0.05, 0.1) is 17.8 Å². The Balaban J connectivity index is 1.76. The molecular weight excluding hydrogens is 502 g/mol. The van der Waals surface area contributed by atoms with Crippen molar-refractivity contribution in [1.82, 2.24) is 4.98 Å². The molecule has 0 aromatic carbocycles.